The van der Waals surface area contributed by atoms with Crippen molar-refractivity contribution in [2.24, 2.45) is 5.92 Å². The van der Waals surface area contributed by atoms with Crippen LogP contribution in [0.5, 0.6) is 0 Å². The molecule has 2 heterocycles. The predicted octanol–water partition coefficient (Wildman–Crippen LogP) is 2.74. The van der Waals surface area contributed by atoms with Crippen LogP contribution in [0.25, 0.3) is 0 Å². The lowest BCUT2D eigenvalue weighted by atomic mass is 9.98. The first-order chi connectivity index (χ1) is 11.6. The van der Waals surface area contributed by atoms with Gasteiger partial charge in [-0.2, -0.15) is 9.64 Å². The van der Waals surface area contributed by atoms with Crippen molar-refractivity contribution in [3.63, 3.8) is 0 Å². The highest BCUT2D eigenvalue weighted by Gasteiger charge is 2.30. The molecule has 5 nitrogen and oxygen atoms in total. The Bertz CT molecular complexity index is 769. The number of aryl methyl sites for hydroxylation is 2. The number of hydrogen-bond acceptors (Lipinski definition) is 5. The standard InChI is InChI=1S/C18H20N4OS/c1-12-3-5-14(6-4-12)7-17(23)22-10-15(11-22)9-20-18-16(8-19)13(2)21-24-18/h3-6,15,20H,7,9-11H2,1-2H3. The molecule has 0 unspecified atom stereocenters. The van der Waals surface area contributed by atoms with Crippen molar-refractivity contribution >= 4 is 22.4 Å². The second-order valence-corrected chi connectivity index (χ2v) is 7.07. The topological polar surface area (TPSA) is 69.0 Å². The molecule has 3 rings (SSSR count). The highest BCUT2D eigenvalue weighted by atomic mass is 32.1. The average molecular weight is 340 g/mol. The Morgan fingerprint density at radius 3 is 2.75 bits per heavy atom. The van der Waals surface area contributed by atoms with Crippen molar-refractivity contribution in [2.75, 3.05) is 25.0 Å². The number of amides is 1. The van der Waals surface area contributed by atoms with Crippen LogP contribution in [0.3, 0.4) is 0 Å². The van der Waals surface area contributed by atoms with E-state index in [0.29, 0.717) is 17.9 Å². The minimum Gasteiger partial charge on any atom is -0.374 e. The van der Waals surface area contributed by atoms with Gasteiger partial charge in [0.15, 0.2) is 0 Å². The van der Waals surface area contributed by atoms with Crippen LogP contribution in [0.15, 0.2) is 24.3 Å². The molecule has 1 aromatic heterocycles. The van der Waals surface area contributed by atoms with Gasteiger partial charge in [0.05, 0.1) is 12.1 Å². The van der Waals surface area contributed by atoms with E-state index in [0.717, 1.165) is 35.9 Å². The van der Waals surface area contributed by atoms with Crippen molar-refractivity contribution in [3.05, 3.63) is 46.6 Å². The molecule has 0 spiro atoms. The zero-order chi connectivity index (χ0) is 17.1. The molecule has 1 amide bonds. The van der Waals surface area contributed by atoms with Crippen LogP contribution in [-0.4, -0.2) is 34.8 Å². The van der Waals surface area contributed by atoms with E-state index >= 15 is 0 Å². The van der Waals surface area contributed by atoms with Gasteiger partial charge in [-0.05, 0) is 30.9 Å². The minimum atomic E-state index is 0.182. The van der Waals surface area contributed by atoms with Gasteiger partial charge in [0.1, 0.15) is 16.6 Å². The molecule has 0 saturated carbocycles. The Labute approximate surface area is 146 Å². The van der Waals surface area contributed by atoms with Crippen LogP contribution in [0.2, 0.25) is 0 Å². The first kappa shape index (κ1) is 16.5. The molecule has 24 heavy (non-hydrogen) atoms. The molecule has 1 aliphatic rings. The van der Waals surface area contributed by atoms with Crippen molar-refractivity contribution in [2.45, 2.75) is 20.3 Å². The van der Waals surface area contributed by atoms with E-state index in [1.165, 1.54) is 17.1 Å². The summed E-state index contributed by atoms with van der Waals surface area (Å²) in [6.07, 6.45) is 0.465. The molecule has 1 aromatic carbocycles. The molecule has 1 aliphatic heterocycles. The first-order valence-electron chi connectivity index (χ1n) is 8.00. The Morgan fingerprint density at radius 1 is 1.38 bits per heavy atom. The SMILES string of the molecule is Cc1ccc(CC(=O)N2CC(CNc3snc(C)c3C#N)C2)cc1. The maximum atomic E-state index is 12.3. The van der Waals surface area contributed by atoms with Crippen LogP contribution >= 0.6 is 11.5 Å². The summed E-state index contributed by atoms with van der Waals surface area (Å²) < 4.78 is 4.20. The molecule has 6 heteroatoms. The molecule has 1 fully saturated rings. The summed E-state index contributed by atoms with van der Waals surface area (Å²) in [4.78, 5) is 14.2. The largest absolute Gasteiger partial charge is 0.374 e. The predicted molar refractivity (Wildman–Crippen MR) is 95.0 cm³/mol. The first-order valence-corrected chi connectivity index (χ1v) is 8.77. The highest BCUT2D eigenvalue weighted by Crippen LogP contribution is 2.25. The third-order valence-corrected chi connectivity index (χ3v) is 5.21. The van der Waals surface area contributed by atoms with E-state index in [-0.39, 0.29) is 5.91 Å². The van der Waals surface area contributed by atoms with E-state index < -0.39 is 0 Å². The van der Waals surface area contributed by atoms with Crippen LogP contribution in [0.1, 0.15) is 22.4 Å². The molecule has 124 valence electrons. The number of carbonyl (C=O) groups is 1. The number of benzene rings is 1. The summed E-state index contributed by atoms with van der Waals surface area (Å²) in [5.41, 5.74) is 3.67. The Hall–Kier alpha value is -2.39. The maximum Gasteiger partial charge on any atom is 0.227 e. The fourth-order valence-electron chi connectivity index (χ4n) is 2.75. The lowest BCUT2D eigenvalue weighted by molar-refractivity contribution is -0.136. The smallest absolute Gasteiger partial charge is 0.227 e. The second kappa shape index (κ2) is 7.02. The zero-order valence-corrected chi connectivity index (χ0v) is 14.7. The fourth-order valence-corrected chi connectivity index (χ4v) is 3.51. The molecular formula is C18H20N4OS. The number of rotatable bonds is 5. The number of hydrogen-bond donors (Lipinski definition) is 1. The zero-order valence-electron chi connectivity index (χ0n) is 13.9. The van der Waals surface area contributed by atoms with Crippen molar-refractivity contribution in [1.82, 2.24) is 9.27 Å². The molecule has 0 bridgehead atoms. The molecule has 0 aliphatic carbocycles. The summed E-state index contributed by atoms with van der Waals surface area (Å²) in [7, 11) is 0. The molecule has 0 radical (unpaired) electrons. The van der Waals surface area contributed by atoms with Gasteiger partial charge in [-0.25, -0.2) is 0 Å². The Morgan fingerprint density at radius 2 is 2.08 bits per heavy atom. The van der Waals surface area contributed by atoms with E-state index in [1.54, 1.807) is 0 Å². The number of likely N-dealkylation sites (tertiary alicyclic amines) is 1. The minimum absolute atomic E-state index is 0.182. The monoisotopic (exact) mass is 340 g/mol. The third kappa shape index (κ3) is 3.57. The van der Waals surface area contributed by atoms with Gasteiger partial charge in [-0.15, -0.1) is 0 Å². The molecule has 2 aromatic rings. The van der Waals surface area contributed by atoms with Crippen molar-refractivity contribution in [3.8, 4) is 6.07 Å². The number of nitrogens with zero attached hydrogens (tertiary/aromatic N) is 3. The van der Waals surface area contributed by atoms with Gasteiger partial charge in [0.2, 0.25) is 5.91 Å². The molecular weight excluding hydrogens is 320 g/mol. The number of aromatic nitrogens is 1. The molecule has 0 atom stereocenters. The lowest BCUT2D eigenvalue weighted by Gasteiger charge is -2.39. The number of nitriles is 1. The lowest BCUT2D eigenvalue weighted by Crippen LogP contribution is -2.52. The molecule has 1 saturated heterocycles. The van der Waals surface area contributed by atoms with Crippen LogP contribution in [0, 0.1) is 31.1 Å². The van der Waals surface area contributed by atoms with Gasteiger partial charge in [0, 0.05) is 25.6 Å². The van der Waals surface area contributed by atoms with E-state index in [1.807, 2.05) is 43.0 Å². The van der Waals surface area contributed by atoms with Gasteiger partial charge < -0.3 is 10.2 Å². The normalized spacial score (nSPS) is 14.1. The number of anilines is 1. The average Bonchev–Trinajstić information content (AvgIpc) is 2.88. The fraction of sp³-hybridized carbons (Fsp3) is 0.389. The van der Waals surface area contributed by atoms with E-state index in [2.05, 4.69) is 15.8 Å². The summed E-state index contributed by atoms with van der Waals surface area (Å²) in [5.74, 6) is 0.613. The second-order valence-electron chi connectivity index (χ2n) is 6.29. The van der Waals surface area contributed by atoms with Crippen molar-refractivity contribution < 1.29 is 4.79 Å². The number of nitrogens with one attached hydrogen (secondary N) is 1. The summed E-state index contributed by atoms with van der Waals surface area (Å²) in [6.45, 7) is 6.20. The maximum absolute atomic E-state index is 12.3. The highest BCUT2D eigenvalue weighted by molar-refractivity contribution is 7.10. The Kier molecular flexibility index (Phi) is 4.81. The van der Waals surface area contributed by atoms with Gasteiger partial charge in [0.25, 0.3) is 0 Å². The van der Waals surface area contributed by atoms with E-state index in [9.17, 15) is 4.79 Å². The summed E-state index contributed by atoms with van der Waals surface area (Å²) in [6, 6.07) is 10.3. The van der Waals surface area contributed by atoms with E-state index in [4.69, 9.17) is 5.26 Å². The van der Waals surface area contributed by atoms with Gasteiger partial charge in [-0.1, -0.05) is 29.8 Å². The van der Waals surface area contributed by atoms with Gasteiger partial charge >= 0.3 is 0 Å². The van der Waals surface area contributed by atoms with Crippen LogP contribution < -0.4 is 5.32 Å². The van der Waals surface area contributed by atoms with Crippen LogP contribution in [-0.2, 0) is 11.2 Å². The number of carbonyl (C=O) groups excluding carboxylic acids is 1. The van der Waals surface area contributed by atoms with Crippen molar-refractivity contribution in [1.29, 1.82) is 5.26 Å². The third-order valence-electron chi connectivity index (χ3n) is 4.31. The quantitative estimate of drug-likeness (QED) is 0.909. The Balaban J connectivity index is 1.44. The van der Waals surface area contributed by atoms with Crippen LogP contribution in [0.4, 0.5) is 5.00 Å². The summed E-state index contributed by atoms with van der Waals surface area (Å²) in [5, 5.41) is 13.3. The van der Waals surface area contributed by atoms with Gasteiger partial charge in [-0.3, -0.25) is 4.79 Å². The summed E-state index contributed by atoms with van der Waals surface area (Å²) >= 11 is 1.32. The molecule has 1 N–H and O–H groups in total.